The molecule has 0 bridgehead atoms. The van der Waals surface area contributed by atoms with E-state index in [0.29, 0.717) is 0 Å². The summed E-state index contributed by atoms with van der Waals surface area (Å²) in [5.41, 5.74) is 0.867. The van der Waals surface area contributed by atoms with E-state index in [2.05, 4.69) is 17.0 Å². The third-order valence-electron chi connectivity index (χ3n) is 3.93. The number of carbonyl (C=O) groups is 1. The van der Waals surface area contributed by atoms with Gasteiger partial charge in [-0.25, -0.2) is 4.98 Å². The predicted molar refractivity (Wildman–Crippen MR) is 82.5 cm³/mol. The van der Waals surface area contributed by atoms with Crippen LogP contribution in [0.3, 0.4) is 0 Å². The molecule has 3 heterocycles. The molecule has 5 nitrogen and oxygen atoms in total. The Morgan fingerprint density at radius 2 is 2.38 bits per heavy atom. The highest BCUT2D eigenvalue weighted by atomic mass is 32.1. The average Bonchev–Trinajstić information content (AvgIpc) is 3.19. The number of hydrogen-bond acceptors (Lipinski definition) is 4. The first-order valence-electron chi connectivity index (χ1n) is 7.43. The van der Waals surface area contributed by atoms with Crippen molar-refractivity contribution in [2.24, 2.45) is 0 Å². The van der Waals surface area contributed by atoms with Gasteiger partial charge in [-0.05, 0) is 32.3 Å². The summed E-state index contributed by atoms with van der Waals surface area (Å²) in [6, 6.07) is 2.16. The van der Waals surface area contributed by atoms with Gasteiger partial charge in [-0.15, -0.1) is 11.3 Å². The van der Waals surface area contributed by atoms with Gasteiger partial charge in [0.2, 0.25) is 0 Å². The molecule has 1 aliphatic heterocycles. The fourth-order valence-corrected chi connectivity index (χ4v) is 3.81. The van der Waals surface area contributed by atoms with Crippen molar-refractivity contribution < 1.29 is 4.79 Å². The topological polar surface area (TPSA) is 51.0 Å². The fraction of sp³-hybridized carbons (Fsp3) is 0.533. The Morgan fingerprint density at radius 1 is 1.52 bits per heavy atom. The summed E-state index contributed by atoms with van der Waals surface area (Å²) >= 11 is 1.54. The minimum Gasteiger partial charge on any atom is -0.333 e. The third kappa shape index (κ3) is 2.85. The molecule has 1 fully saturated rings. The number of likely N-dealkylation sites (tertiary alicyclic amines) is 1. The maximum absolute atomic E-state index is 12.8. The lowest BCUT2D eigenvalue weighted by Crippen LogP contribution is -2.38. The van der Waals surface area contributed by atoms with Gasteiger partial charge < -0.3 is 4.90 Å². The molecule has 0 unspecified atom stereocenters. The van der Waals surface area contributed by atoms with E-state index in [9.17, 15) is 4.79 Å². The summed E-state index contributed by atoms with van der Waals surface area (Å²) in [4.78, 5) is 20.1. The van der Waals surface area contributed by atoms with Crippen molar-refractivity contribution in [3.05, 3.63) is 34.0 Å². The molecule has 6 heteroatoms. The molecule has 0 saturated carbocycles. The molecule has 1 amide bonds. The Balaban J connectivity index is 1.77. The Labute approximate surface area is 128 Å². The molecule has 0 radical (unpaired) electrons. The summed E-state index contributed by atoms with van der Waals surface area (Å²) < 4.78 is 1.91. The van der Waals surface area contributed by atoms with Crippen molar-refractivity contribution in [2.75, 3.05) is 6.54 Å². The van der Waals surface area contributed by atoms with Crippen molar-refractivity contribution in [1.29, 1.82) is 0 Å². The first-order valence-corrected chi connectivity index (χ1v) is 8.25. The zero-order chi connectivity index (χ0) is 14.8. The van der Waals surface area contributed by atoms with Gasteiger partial charge in [0.1, 0.15) is 4.88 Å². The summed E-state index contributed by atoms with van der Waals surface area (Å²) in [6.45, 7) is 5.62. The highest BCUT2D eigenvalue weighted by Crippen LogP contribution is 2.26. The van der Waals surface area contributed by atoms with Gasteiger partial charge in [-0.1, -0.05) is 6.92 Å². The predicted octanol–water partition coefficient (Wildman–Crippen LogP) is 2.52. The Bertz CT molecular complexity index is 620. The number of amides is 1. The molecule has 1 atom stereocenters. The normalized spacial score (nSPS) is 18.4. The van der Waals surface area contributed by atoms with E-state index in [0.717, 1.165) is 47.9 Å². The first kappa shape index (κ1) is 14.3. The van der Waals surface area contributed by atoms with Gasteiger partial charge in [0.05, 0.1) is 23.3 Å². The first-order chi connectivity index (χ1) is 10.2. The van der Waals surface area contributed by atoms with E-state index in [1.165, 1.54) is 11.3 Å². The number of thiazole rings is 1. The van der Waals surface area contributed by atoms with Crippen LogP contribution in [-0.4, -0.2) is 38.2 Å². The van der Waals surface area contributed by atoms with Crippen LogP contribution in [0.1, 0.15) is 40.1 Å². The van der Waals surface area contributed by atoms with Crippen LogP contribution in [0.4, 0.5) is 0 Å². The second-order valence-corrected chi connectivity index (χ2v) is 6.48. The highest BCUT2D eigenvalue weighted by Gasteiger charge is 2.31. The van der Waals surface area contributed by atoms with Crippen molar-refractivity contribution in [3.8, 4) is 0 Å². The standard InChI is InChI=1S/C15H20N4OS/c1-3-13-17-11(2)14(21-13)15(20)19-9-4-6-12(19)10-18-8-5-7-16-18/h5,7-8,12H,3-4,6,9-10H2,1-2H3/t12-/m0/s1. The highest BCUT2D eigenvalue weighted by molar-refractivity contribution is 7.13. The van der Waals surface area contributed by atoms with Gasteiger partial charge in [-0.2, -0.15) is 5.10 Å². The van der Waals surface area contributed by atoms with Gasteiger partial charge in [0.25, 0.3) is 5.91 Å². The molecule has 0 spiro atoms. The minimum atomic E-state index is 0.138. The molecular weight excluding hydrogens is 284 g/mol. The Hall–Kier alpha value is -1.69. The van der Waals surface area contributed by atoms with Gasteiger partial charge in [0.15, 0.2) is 0 Å². The number of aryl methyl sites for hydroxylation is 2. The SMILES string of the molecule is CCc1nc(C)c(C(=O)N2CCC[C@H]2Cn2cccn2)s1. The lowest BCUT2D eigenvalue weighted by Gasteiger charge is -2.24. The fourth-order valence-electron chi connectivity index (χ4n) is 2.85. The number of nitrogens with zero attached hydrogens (tertiary/aromatic N) is 4. The largest absolute Gasteiger partial charge is 0.333 e. The van der Waals surface area contributed by atoms with Gasteiger partial charge >= 0.3 is 0 Å². The van der Waals surface area contributed by atoms with Crippen LogP contribution >= 0.6 is 11.3 Å². The molecule has 3 rings (SSSR count). The zero-order valence-corrected chi connectivity index (χ0v) is 13.3. The lowest BCUT2D eigenvalue weighted by atomic mass is 10.2. The van der Waals surface area contributed by atoms with E-state index in [4.69, 9.17) is 0 Å². The zero-order valence-electron chi connectivity index (χ0n) is 12.5. The van der Waals surface area contributed by atoms with Gasteiger partial charge in [0, 0.05) is 18.9 Å². The van der Waals surface area contributed by atoms with Crippen LogP contribution < -0.4 is 0 Å². The maximum Gasteiger partial charge on any atom is 0.266 e. The number of aromatic nitrogens is 3. The molecule has 2 aromatic rings. The summed E-state index contributed by atoms with van der Waals surface area (Å²) in [5, 5.41) is 5.29. The monoisotopic (exact) mass is 304 g/mol. The molecule has 112 valence electrons. The molecule has 1 saturated heterocycles. The van der Waals surface area contributed by atoms with Crippen LogP contribution in [0, 0.1) is 6.92 Å². The van der Waals surface area contributed by atoms with E-state index in [1.54, 1.807) is 6.20 Å². The maximum atomic E-state index is 12.8. The van der Waals surface area contributed by atoms with Crippen LogP contribution in [0.2, 0.25) is 0 Å². The number of carbonyl (C=O) groups excluding carboxylic acids is 1. The molecular formula is C15H20N4OS. The van der Waals surface area contributed by atoms with Crippen LogP contribution in [0.25, 0.3) is 0 Å². The van der Waals surface area contributed by atoms with Crippen molar-refractivity contribution in [3.63, 3.8) is 0 Å². The lowest BCUT2D eigenvalue weighted by molar-refractivity contribution is 0.0725. The van der Waals surface area contributed by atoms with E-state index < -0.39 is 0 Å². The quantitative estimate of drug-likeness (QED) is 0.872. The summed E-state index contributed by atoms with van der Waals surface area (Å²) in [6.07, 6.45) is 6.73. The van der Waals surface area contributed by atoms with E-state index in [-0.39, 0.29) is 11.9 Å². The van der Waals surface area contributed by atoms with Crippen LogP contribution in [-0.2, 0) is 13.0 Å². The van der Waals surface area contributed by atoms with Crippen molar-refractivity contribution >= 4 is 17.2 Å². The smallest absolute Gasteiger partial charge is 0.266 e. The van der Waals surface area contributed by atoms with Crippen molar-refractivity contribution in [2.45, 2.75) is 45.7 Å². The van der Waals surface area contributed by atoms with Gasteiger partial charge in [-0.3, -0.25) is 9.48 Å². The Kier molecular flexibility index (Phi) is 4.05. The molecule has 0 aromatic carbocycles. The molecule has 21 heavy (non-hydrogen) atoms. The molecule has 1 aliphatic rings. The molecule has 0 aliphatic carbocycles. The summed E-state index contributed by atoms with van der Waals surface area (Å²) in [7, 11) is 0. The third-order valence-corrected chi connectivity index (χ3v) is 5.22. The Morgan fingerprint density at radius 3 is 3.05 bits per heavy atom. The number of hydrogen-bond donors (Lipinski definition) is 0. The molecule has 2 aromatic heterocycles. The second-order valence-electron chi connectivity index (χ2n) is 5.40. The average molecular weight is 304 g/mol. The number of rotatable bonds is 4. The second kappa shape index (κ2) is 5.97. The minimum absolute atomic E-state index is 0.138. The van der Waals surface area contributed by atoms with E-state index >= 15 is 0 Å². The van der Waals surface area contributed by atoms with Crippen molar-refractivity contribution in [1.82, 2.24) is 19.7 Å². The van der Waals surface area contributed by atoms with E-state index in [1.807, 2.05) is 28.8 Å². The molecule has 0 N–H and O–H groups in total. The van der Waals surface area contributed by atoms with Crippen LogP contribution in [0.15, 0.2) is 18.5 Å². The van der Waals surface area contributed by atoms with Crippen LogP contribution in [0.5, 0.6) is 0 Å². The summed E-state index contributed by atoms with van der Waals surface area (Å²) in [5.74, 6) is 0.138.